The number of carbonyl (C=O) groups excluding carboxylic acids is 2. The van der Waals surface area contributed by atoms with Crippen molar-refractivity contribution in [1.82, 2.24) is 10.2 Å². The molecule has 2 aliphatic heterocycles. The molecule has 2 heterocycles. The van der Waals surface area contributed by atoms with Crippen LogP contribution in [-0.2, 0) is 14.3 Å². The van der Waals surface area contributed by atoms with Gasteiger partial charge in [-0.15, -0.1) is 0 Å². The molecule has 2 amide bonds. The summed E-state index contributed by atoms with van der Waals surface area (Å²) in [5.41, 5.74) is 0.597. The summed E-state index contributed by atoms with van der Waals surface area (Å²) >= 11 is 0. The Kier molecular flexibility index (Phi) is 6.25. The predicted octanol–water partition coefficient (Wildman–Crippen LogP) is 1.00. The molecule has 2 saturated heterocycles. The van der Waals surface area contributed by atoms with Crippen LogP contribution in [0.3, 0.4) is 0 Å². The zero-order chi connectivity index (χ0) is 17.5. The second kappa shape index (κ2) is 8.82. The molecule has 1 aromatic rings. The molecule has 7 nitrogen and oxygen atoms in total. The van der Waals surface area contributed by atoms with Gasteiger partial charge in [0.05, 0.1) is 18.9 Å². The van der Waals surface area contributed by atoms with Gasteiger partial charge in [0.1, 0.15) is 5.75 Å². The van der Waals surface area contributed by atoms with Crippen LogP contribution in [0, 0.1) is 0 Å². The van der Waals surface area contributed by atoms with E-state index in [-0.39, 0.29) is 24.5 Å². The third kappa shape index (κ3) is 5.17. The zero-order valence-corrected chi connectivity index (χ0v) is 14.3. The number of amides is 2. The summed E-state index contributed by atoms with van der Waals surface area (Å²) in [6.45, 7) is 3.24. The smallest absolute Gasteiger partial charge is 0.260 e. The van der Waals surface area contributed by atoms with E-state index in [9.17, 15) is 9.59 Å². The van der Waals surface area contributed by atoms with E-state index in [1.165, 1.54) is 0 Å². The van der Waals surface area contributed by atoms with E-state index in [4.69, 9.17) is 9.47 Å². The Morgan fingerprint density at radius 1 is 1.28 bits per heavy atom. The van der Waals surface area contributed by atoms with Crippen molar-refractivity contribution in [3.63, 3.8) is 0 Å². The molecule has 0 aromatic heterocycles. The van der Waals surface area contributed by atoms with Crippen LogP contribution in [0.5, 0.6) is 5.75 Å². The third-order valence-corrected chi connectivity index (χ3v) is 4.47. The van der Waals surface area contributed by atoms with Gasteiger partial charge in [-0.3, -0.25) is 9.59 Å². The van der Waals surface area contributed by atoms with Crippen LogP contribution in [0.25, 0.3) is 0 Å². The van der Waals surface area contributed by atoms with E-state index in [0.717, 1.165) is 19.4 Å². The van der Waals surface area contributed by atoms with Crippen LogP contribution in [-0.4, -0.2) is 62.2 Å². The van der Waals surface area contributed by atoms with Crippen LogP contribution >= 0.6 is 0 Å². The molecule has 3 rings (SSSR count). The SMILES string of the molecule is O=C(CC1CCCN1)Nc1ccccc1OCC(=O)N1CCOCC1. The number of rotatable bonds is 6. The standard InChI is InChI=1S/C18H25N3O4/c22-17(12-14-4-3-7-19-14)20-15-5-1-2-6-16(15)25-13-18(23)21-8-10-24-11-9-21/h1-2,5-6,14,19H,3-4,7-13H2,(H,20,22). The highest BCUT2D eigenvalue weighted by Gasteiger charge is 2.20. The quantitative estimate of drug-likeness (QED) is 0.803. The first kappa shape index (κ1) is 17.7. The molecule has 0 saturated carbocycles. The first-order valence-electron chi connectivity index (χ1n) is 8.83. The van der Waals surface area contributed by atoms with Gasteiger partial charge in [0.25, 0.3) is 5.91 Å². The fourth-order valence-electron chi connectivity index (χ4n) is 3.10. The van der Waals surface area contributed by atoms with E-state index >= 15 is 0 Å². The van der Waals surface area contributed by atoms with E-state index in [1.807, 2.05) is 12.1 Å². The van der Waals surface area contributed by atoms with Gasteiger partial charge in [-0.2, -0.15) is 0 Å². The molecule has 0 spiro atoms. The van der Waals surface area contributed by atoms with Gasteiger partial charge in [0.2, 0.25) is 5.91 Å². The van der Waals surface area contributed by atoms with Gasteiger partial charge >= 0.3 is 0 Å². The maximum absolute atomic E-state index is 12.2. The summed E-state index contributed by atoms with van der Waals surface area (Å²) in [5.74, 6) is 0.395. The molecule has 2 aliphatic rings. The number of morpholine rings is 1. The van der Waals surface area contributed by atoms with E-state index in [1.54, 1.807) is 17.0 Å². The van der Waals surface area contributed by atoms with Crippen LogP contribution in [0.2, 0.25) is 0 Å². The Hall–Kier alpha value is -2.12. The van der Waals surface area contributed by atoms with Gasteiger partial charge in [0.15, 0.2) is 6.61 Å². The average molecular weight is 347 g/mol. The molecule has 2 N–H and O–H groups in total. The predicted molar refractivity (Wildman–Crippen MR) is 93.6 cm³/mol. The van der Waals surface area contributed by atoms with Crippen LogP contribution < -0.4 is 15.4 Å². The molecule has 1 aromatic carbocycles. The van der Waals surface area contributed by atoms with Crippen LogP contribution in [0.1, 0.15) is 19.3 Å². The normalized spacial score (nSPS) is 20.3. The number of ether oxygens (including phenoxy) is 2. The van der Waals surface area contributed by atoms with Crippen molar-refractivity contribution >= 4 is 17.5 Å². The number of anilines is 1. The maximum Gasteiger partial charge on any atom is 0.260 e. The molecule has 136 valence electrons. The van der Waals surface area contributed by atoms with Crippen molar-refractivity contribution in [1.29, 1.82) is 0 Å². The van der Waals surface area contributed by atoms with Crippen molar-refractivity contribution in [2.24, 2.45) is 0 Å². The lowest BCUT2D eigenvalue weighted by Crippen LogP contribution is -2.43. The summed E-state index contributed by atoms with van der Waals surface area (Å²) in [7, 11) is 0. The number of hydrogen-bond donors (Lipinski definition) is 2. The fraction of sp³-hybridized carbons (Fsp3) is 0.556. The number of nitrogens with zero attached hydrogens (tertiary/aromatic N) is 1. The third-order valence-electron chi connectivity index (χ3n) is 4.47. The molecular weight excluding hydrogens is 322 g/mol. The Bertz CT molecular complexity index is 596. The highest BCUT2D eigenvalue weighted by atomic mass is 16.5. The Morgan fingerprint density at radius 3 is 2.84 bits per heavy atom. The Balaban J connectivity index is 1.52. The highest BCUT2D eigenvalue weighted by molar-refractivity contribution is 5.92. The summed E-state index contributed by atoms with van der Waals surface area (Å²) in [6, 6.07) is 7.45. The molecular formula is C18H25N3O4. The Morgan fingerprint density at radius 2 is 2.08 bits per heavy atom. The second-order valence-electron chi connectivity index (χ2n) is 6.32. The molecule has 2 fully saturated rings. The topological polar surface area (TPSA) is 79.9 Å². The lowest BCUT2D eigenvalue weighted by Gasteiger charge is -2.26. The molecule has 25 heavy (non-hydrogen) atoms. The van der Waals surface area contributed by atoms with Gasteiger partial charge < -0.3 is 25.0 Å². The van der Waals surface area contributed by atoms with Crippen molar-refractivity contribution in [3.8, 4) is 5.75 Å². The molecule has 0 aliphatic carbocycles. The van der Waals surface area contributed by atoms with Gasteiger partial charge in [-0.1, -0.05) is 12.1 Å². The van der Waals surface area contributed by atoms with Crippen molar-refractivity contribution < 1.29 is 19.1 Å². The van der Waals surface area contributed by atoms with E-state index < -0.39 is 0 Å². The zero-order valence-electron chi connectivity index (χ0n) is 14.3. The number of carbonyl (C=O) groups is 2. The van der Waals surface area contributed by atoms with Crippen molar-refractivity contribution in [3.05, 3.63) is 24.3 Å². The largest absolute Gasteiger partial charge is 0.482 e. The molecule has 1 atom stereocenters. The average Bonchev–Trinajstić information content (AvgIpc) is 3.14. The maximum atomic E-state index is 12.2. The van der Waals surface area contributed by atoms with E-state index in [0.29, 0.717) is 44.2 Å². The monoisotopic (exact) mass is 347 g/mol. The van der Waals surface area contributed by atoms with E-state index in [2.05, 4.69) is 10.6 Å². The fourth-order valence-corrected chi connectivity index (χ4v) is 3.10. The number of para-hydroxylation sites is 2. The molecule has 0 bridgehead atoms. The number of nitrogens with one attached hydrogen (secondary N) is 2. The van der Waals surface area contributed by atoms with Crippen molar-refractivity contribution in [2.45, 2.75) is 25.3 Å². The summed E-state index contributed by atoms with van der Waals surface area (Å²) in [4.78, 5) is 26.1. The molecule has 0 radical (unpaired) electrons. The van der Waals surface area contributed by atoms with Gasteiger partial charge in [-0.05, 0) is 31.5 Å². The Labute approximate surface area is 147 Å². The second-order valence-corrected chi connectivity index (χ2v) is 6.32. The lowest BCUT2D eigenvalue weighted by atomic mass is 10.1. The minimum atomic E-state index is -0.0698. The van der Waals surface area contributed by atoms with Gasteiger partial charge in [0, 0.05) is 25.6 Å². The molecule has 7 heteroatoms. The van der Waals surface area contributed by atoms with Crippen molar-refractivity contribution in [2.75, 3.05) is 44.8 Å². The highest BCUT2D eigenvalue weighted by Crippen LogP contribution is 2.24. The lowest BCUT2D eigenvalue weighted by molar-refractivity contribution is -0.137. The summed E-state index contributed by atoms with van der Waals surface area (Å²) in [5, 5.41) is 6.20. The van der Waals surface area contributed by atoms with Gasteiger partial charge in [-0.25, -0.2) is 0 Å². The summed E-state index contributed by atoms with van der Waals surface area (Å²) < 4.78 is 10.9. The first-order valence-corrected chi connectivity index (χ1v) is 8.83. The first-order chi connectivity index (χ1) is 12.2. The minimum Gasteiger partial charge on any atom is -0.482 e. The van der Waals surface area contributed by atoms with Crippen LogP contribution in [0.15, 0.2) is 24.3 Å². The number of benzene rings is 1. The number of hydrogen-bond acceptors (Lipinski definition) is 5. The minimum absolute atomic E-state index is 0.0446. The molecule has 1 unspecified atom stereocenters. The van der Waals surface area contributed by atoms with Crippen LogP contribution in [0.4, 0.5) is 5.69 Å². The summed E-state index contributed by atoms with van der Waals surface area (Å²) in [6.07, 6.45) is 2.59.